The largest absolute Gasteiger partial charge is 0.481 e. The number of amides is 3. The average molecular weight is 483 g/mol. The molecule has 0 atom stereocenters. The third kappa shape index (κ3) is 5.31. The topological polar surface area (TPSA) is 140 Å². The van der Waals surface area contributed by atoms with Crippen molar-refractivity contribution in [1.82, 2.24) is 9.55 Å². The summed E-state index contributed by atoms with van der Waals surface area (Å²) in [5.41, 5.74) is 3.15. The molecule has 1 aromatic heterocycles. The van der Waals surface area contributed by atoms with Crippen molar-refractivity contribution in [2.45, 2.75) is 13.0 Å². The maximum absolute atomic E-state index is 12.8. The molecule has 0 fully saturated rings. The second-order valence-electron chi connectivity index (χ2n) is 7.90. The van der Waals surface area contributed by atoms with Crippen molar-refractivity contribution >= 4 is 46.3 Å². The van der Waals surface area contributed by atoms with Crippen LogP contribution in [0.5, 0.6) is 0 Å². The second kappa shape index (κ2) is 10.4. The fourth-order valence-electron chi connectivity index (χ4n) is 3.64. The third-order valence-corrected chi connectivity index (χ3v) is 5.49. The van der Waals surface area contributed by atoms with Crippen LogP contribution in [0.2, 0.25) is 0 Å². The third-order valence-electron chi connectivity index (χ3n) is 5.49. The average Bonchev–Trinajstić information content (AvgIpc) is 3.23. The van der Waals surface area contributed by atoms with Crippen molar-refractivity contribution in [2.24, 2.45) is 0 Å². The Morgan fingerprint density at radius 2 is 1.75 bits per heavy atom. The molecule has 0 saturated heterocycles. The van der Waals surface area contributed by atoms with Crippen LogP contribution in [0.4, 0.5) is 22.1 Å². The van der Waals surface area contributed by atoms with Gasteiger partial charge in [-0.1, -0.05) is 18.2 Å². The van der Waals surface area contributed by atoms with Crippen LogP contribution >= 0.6 is 0 Å². The van der Waals surface area contributed by atoms with Gasteiger partial charge in [-0.15, -0.1) is 0 Å². The number of aliphatic carboxylic acids is 1. The summed E-state index contributed by atoms with van der Waals surface area (Å²) in [5, 5.41) is 23.4. The van der Waals surface area contributed by atoms with Crippen molar-refractivity contribution in [1.29, 1.82) is 5.26 Å². The van der Waals surface area contributed by atoms with E-state index in [1.54, 1.807) is 78.3 Å². The lowest BCUT2D eigenvalue weighted by molar-refractivity contribution is -0.137. The van der Waals surface area contributed by atoms with E-state index in [4.69, 9.17) is 5.26 Å². The maximum atomic E-state index is 12.8. The van der Waals surface area contributed by atoms with Crippen molar-refractivity contribution < 1.29 is 19.5 Å². The Kier molecular flexibility index (Phi) is 6.92. The van der Waals surface area contributed by atoms with Crippen LogP contribution in [-0.4, -0.2) is 39.6 Å². The SMILES string of the molecule is CN(C(=O)c1ccccc1)c1ccc2c(c1)nc(NC(=O)Nc1ccc(C#N)cc1)n2CCC(=O)O. The first-order valence-electron chi connectivity index (χ1n) is 11.0. The van der Waals surface area contributed by atoms with Crippen LogP contribution in [0.3, 0.4) is 0 Å². The van der Waals surface area contributed by atoms with Gasteiger partial charge in [0.2, 0.25) is 5.95 Å². The van der Waals surface area contributed by atoms with E-state index in [0.717, 1.165) is 0 Å². The van der Waals surface area contributed by atoms with E-state index in [1.807, 2.05) is 12.1 Å². The number of nitriles is 1. The molecular formula is C26H22N6O4. The van der Waals surface area contributed by atoms with E-state index in [2.05, 4.69) is 15.6 Å². The van der Waals surface area contributed by atoms with Gasteiger partial charge in [0.1, 0.15) is 0 Å². The fourth-order valence-corrected chi connectivity index (χ4v) is 3.64. The van der Waals surface area contributed by atoms with Crippen LogP contribution in [0.1, 0.15) is 22.3 Å². The molecule has 3 aromatic carbocycles. The van der Waals surface area contributed by atoms with Crippen molar-refractivity contribution in [3.8, 4) is 6.07 Å². The first kappa shape index (κ1) is 24.0. The van der Waals surface area contributed by atoms with Gasteiger partial charge < -0.3 is 19.9 Å². The first-order valence-corrected chi connectivity index (χ1v) is 11.0. The number of hydrogen-bond donors (Lipinski definition) is 3. The number of carboxylic acids is 1. The van der Waals surface area contributed by atoms with Crippen LogP contribution < -0.4 is 15.5 Å². The maximum Gasteiger partial charge on any atom is 0.326 e. The van der Waals surface area contributed by atoms with Gasteiger partial charge in [0, 0.05) is 30.5 Å². The first-order chi connectivity index (χ1) is 17.4. The van der Waals surface area contributed by atoms with E-state index >= 15 is 0 Å². The summed E-state index contributed by atoms with van der Waals surface area (Å²) in [5.74, 6) is -1.03. The number of benzene rings is 3. The number of nitrogens with one attached hydrogen (secondary N) is 2. The van der Waals surface area contributed by atoms with Gasteiger partial charge in [0.15, 0.2) is 0 Å². The highest BCUT2D eigenvalue weighted by Crippen LogP contribution is 2.26. The summed E-state index contributed by atoms with van der Waals surface area (Å²) in [6, 6.07) is 21.8. The highest BCUT2D eigenvalue weighted by molar-refractivity contribution is 6.06. The summed E-state index contributed by atoms with van der Waals surface area (Å²) in [6.07, 6.45) is -0.175. The molecule has 0 aliphatic heterocycles. The number of fused-ring (bicyclic) bond motifs is 1. The molecule has 180 valence electrons. The van der Waals surface area contributed by atoms with Crippen LogP contribution in [0, 0.1) is 11.3 Å². The molecule has 1 heterocycles. The lowest BCUT2D eigenvalue weighted by atomic mass is 10.2. The van der Waals surface area contributed by atoms with E-state index < -0.39 is 12.0 Å². The molecule has 10 heteroatoms. The number of hydrogen-bond acceptors (Lipinski definition) is 5. The van der Waals surface area contributed by atoms with Gasteiger partial charge in [-0.3, -0.25) is 14.9 Å². The normalized spacial score (nSPS) is 10.4. The summed E-state index contributed by atoms with van der Waals surface area (Å²) in [7, 11) is 1.65. The zero-order chi connectivity index (χ0) is 25.7. The fraction of sp³-hybridized carbons (Fsp3) is 0.115. The number of aromatic nitrogens is 2. The molecule has 0 bridgehead atoms. The minimum Gasteiger partial charge on any atom is -0.481 e. The molecule has 0 aliphatic carbocycles. The molecule has 4 rings (SSSR count). The zero-order valence-corrected chi connectivity index (χ0v) is 19.3. The van der Waals surface area contributed by atoms with Crippen LogP contribution in [-0.2, 0) is 11.3 Å². The Morgan fingerprint density at radius 1 is 1.03 bits per heavy atom. The number of nitrogens with zero attached hydrogens (tertiary/aromatic N) is 4. The quantitative estimate of drug-likeness (QED) is 0.359. The molecular weight excluding hydrogens is 460 g/mol. The predicted molar refractivity (Wildman–Crippen MR) is 135 cm³/mol. The second-order valence-corrected chi connectivity index (χ2v) is 7.90. The summed E-state index contributed by atoms with van der Waals surface area (Å²) in [4.78, 5) is 42.7. The standard InChI is InChI=1S/C26H22N6O4/c1-31(24(35)18-5-3-2-4-6-18)20-11-12-22-21(15-20)29-25(32(22)14-13-23(33)34)30-26(36)28-19-9-7-17(16-27)8-10-19/h2-12,15H,13-14H2,1H3,(H,33,34)(H2,28,29,30,36). The van der Waals surface area contributed by atoms with Crippen molar-refractivity contribution in [3.05, 3.63) is 83.9 Å². The number of rotatable bonds is 7. The molecule has 0 saturated carbocycles. The number of carboxylic acid groups (broad SMARTS) is 1. The van der Waals surface area contributed by atoms with Gasteiger partial charge in [-0.25, -0.2) is 9.78 Å². The van der Waals surface area contributed by atoms with Crippen molar-refractivity contribution in [2.75, 3.05) is 22.6 Å². The number of carbonyl (C=O) groups excluding carboxylic acids is 2. The molecule has 0 aliphatic rings. The Hall–Kier alpha value is -5.17. The zero-order valence-electron chi connectivity index (χ0n) is 19.3. The molecule has 10 nitrogen and oxygen atoms in total. The van der Waals surface area contributed by atoms with Gasteiger partial charge in [0.05, 0.1) is 29.1 Å². The summed E-state index contributed by atoms with van der Waals surface area (Å²) < 4.78 is 1.60. The number of imidazole rings is 1. The number of aryl methyl sites for hydroxylation is 1. The minimum atomic E-state index is -0.991. The monoisotopic (exact) mass is 482 g/mol. The van der Waals surface area contributed by atoms with E-state index in [0.29, 0.717) is 33.5 Å². The summed E-state index contributed by atoms with van der Waals surface area (Å²) in [6.45, 7) is 0.0798. The number of urea groups is 1. The molecule has 3 amide bonds. The Bertz CT molecular complexity index is 1470. The molecule has 0 unspecified atom stereocenters. The Labute approximate surface area is 206 Å². The van der Waals surface area contributed by atoms with Crippen molar-refractivity contribution in [3.63, 3.8) is 0 Å². The minimum absolute atomic E-state index is 0.0798. The lowest BCUT2D eigenvalue weighted by Gasteiger charge is -2.17. The molecule has 0 radical (unpaired) electrons. The van der Waals surface area contributed by atoms with Gasteiger partial charge >= 0.3 is 12.0 Å². The molecule has 4 aromatic rings. The predicted octanol–water partition coefficient (Wildman–Crippen LogP) is 4.30. The highest BCUT2D eigenvalue weighted by Gasteiger charge is 2.18. The van der Waals surface area contributed by atoms with E-state index in [9.17, 15) is 19.5 Å². The Balaban J connectivity index is 1.61. The van der Waals surface area contributed by atoms with E-state index in [-0.39, 0.29) is 24.8 Å². The van der Waals surface area contributed by atoms with Gasteiger partial charge in [-0.05, 0) is 54.6 Å². The Morgan fingerprint density at radius 3 is 2.42 bits per heavy atom. The number of anilines is 3. The highest BCUT2D eigenvalue weighted by atomic mass is 16.4. The van der Waals surface area contributed by atoms with Gasteiger partial charge in [0.25, 0.3) is 5.91 Å². The smallest absolute Gasteiger partial charge is 0.326 e. The molecule has 0 spiro atoms. The van der Waals surface area contributed by atoms with E-state index in [1.165, 1.54) is 4.90 Å². The van der Waals surface area contributed by atoms with Crippen LogP contribution in [0.15, 0.2) is 72.8 Å². The summed E-state index contributed by atoms with van der Waals surface area (Å²) >= 11 is 0. The van der Waals surface area contributed by atoms with Crippen LogP contribution in [0.25, 0.3) is 11.0 Å². The lowest BCUT2D eigenvalue weighted by Crippen LogP contribution is -2.26. The number of carbonyl (C=O) groups is 3. The molecule has 36 heavy (non-hydrogen) atoms. The van der Waals surface area contributed by atoms with Gasteiger partial charge in [-0.2, -0.15) is 5.26 Å². The molecule has 3 N–H and O–H groups in total.